The van der Waals surface area contributed by atoms with Crippen molar-refractivity contribution in [1.82, 2.24) is 5.32 Å². The summed E-state index contributed by atoms with van der Waals surface area (Å²) >= 11 is 0. The van der Waals surface area contributed by atoms with E-state index >= 15 is 0 Å². The zero-order valence-corrected chi connectivity index (χ0v) is 6.64. The first-order chi connectivity index (χ1) is 4.79. The third kappa shape index (κ3) is 2.67. The first-order valence-electron chi connectivity index (χ1n) is 4.20. The van der Waals surface area contributed by atoms with Crippen molar-refractivity contribution < 1.29 is 5.11 Å². The first kappa shape index (κ1) is 8.02. The Morgan fingerprint density at radius 2 is 2.50 bits per heavy atom. The second-order valence-corrected chi connectivity index (χ2v) is 3.22. The lowest BCUT2D eigenvalue weighted by Gasteiger charge is -2.10. The Labute approximate surface area is 62.6 Å². The Bertz CT molecular complexity index is 87.3. The maximum atomic E-state index is 8.98. The van der Waals surface area contributed by atoms with E-state index in [0.29, 0.717) is 6.04 Å². The van der Waals surface area contributed by atoms with Crippen molar-refractivity contribution in [1.29, 1.82) is 0 Å². The second kappa shape index (κ2) is 3.94. The van der Waals surface area contributed by atoms with Crippen LogP contribution in [0.25, 0.3) is 0 Å². The highest BCUT2D eigenvalue weighted by Gasteiger charge is 2.13. The van der Waals surface area contributed by atoms with Crippen LogP contribution in [0.4, 0.5) is 0 Å². The molecule has 1 fully saturated rings. The number of hydrogen-bond donors (Lipinski definition) is 2. The Kier molecular flexibility index (Phi) is 3.16. The van der Waals surface area contributed by atoms with Gasteiger partial charge in [0.1, 0.15) is 0 Å². The molecule has 1 aliphatic rings. The van der Waals surface area contributed by atoms with Crippen LogP contribution in [0, 0.1) is 0 Å². The summed E-state index contributed by atoms with van der Waals surface area (Å²) in [5, 5.41) is 12.4. The molecule has 2 nitrogen and oxygen atoms in total. The second-order valence-electron chi connectivity index (χ2n) is 3.22. The molecule has 2 atom stereocenters. The summed E-state index contributed by atoms with van der Waals surface area (Å²) in [7, 11) is 0. The van der Waals surface area contributed by atoms with Crippen molar-refractivity contribution in [3.8, 4) is 0 Å². The largest absolute Gasteiger partial charge is 0.393 e. The molecule has 1 rings (SSSR count). The predicted molar refractivity (Wildman–Crippen MR) is 41.9 cm³/mol. The Hall–Kier alpha value is -0.0800. The van der Waals surface area contributed by atoms with Gasteiger partial charge in [-0.05, 0) is 39.2 Å². The normalized spacial score (nSPS) is 28.8. The van der Waals surface area contributed by atoms with Gasteiger partial charge in [0.25, 0.3) is 0 Å². The quantitative estimate of drug-likeness (QED) is 0.615. The molecule has 0 aromatic carbocycles. The van der Waals surface area contributed by atoms with Gasteiger partial charge in [0.05, 0.1) is 6.10 Å². The third-order valence-electron chi connectivity index (χ3n) is 2.10. The molecule has 0 amide bonds. The lowest BCUT2D eigenvalue weighted by atomic mass is 10.1. The SMILES string of the molecule is CC(O)CCC1CCCN1. The average molecular weight is 143 g/mol. The molecule has 0 bridgehead atoms. The van der Waals surface area contributed by atoms with E-state index in [1.54, 1.807) is 0 Å². The van der Waals surface area contributed by atoms with Gasteiger partial charge in [0, 0.05) is 6.04 Å². The molecule has 0 spiro atoms. The maximum Gasteiger partial charge on any atom is 0.0512 e. The monoisotopic (exact) mass is 143 g/mol. The smallest absolute Gasteiger partial charge is 0.0512 e. The van der Waals surface area contributed by atoms with Gasteiger partial charge in [-0.1, -0.05) is 0 Å². The highest BCUT2D eigenvalue weighted by molar-refractivity contribution is 4.74. The van der Waals surface area contributed by atoms with Gasteiger partial charge < -0.3 is 10.4 Å². The van der Waals surface area contributed by atoms with Gasteiger partial charge in [-0.15, -0.1) is 0 Å². The first-order valence-corrected chi connectivity index (χ1v) is 4.20. The zero-order chi connectivity index (χ0) is 7.40. The molecule has 0 aromatic rings. The summed E-state index contributed by atoms with van der Waals surface area (Å²) in [5.74, 6) is 0. The Balaban J connectivity index is 2.01. The summed E-state index contributed by atoms with van der Waals surface area (Å²) in [4.78, 5) is 0. The lowest BCUT2D eigenvalue weighted by Crippen LogP contribution is -2.22. The summed E-state index contributed by atoms with van der Waals surface area (Å²) in [6.07, 6.45) is 4.56. The standard InChI is InChI=1S/C8H17NO/c1-7(10)4-5-8-3-2-6-9-8/h7-10H,2-6H2,1H3. The number of aliphatic hydroxyl groups is 1. The highest BCUT2D eigenvalue weighted by atomic mass is 16.3. The van der Waals surface area contributed by atoms with Crippen LogP contribution in [0.2, 0.25) is 0 Å². The molecule has 1 aliphatic heterocycles. The number of aliphatic hydroxyl groups excluding tert-OH is 1. The summed E-state index contributed by atoms with van der Waals surface area (Å²) in [6.45, 7) is 3.03. The van der Waals surface area contributed by atoms with Crippen LogP contribution in [-0.4, -0.2) is 23.8 Å². The van der Waals surface area contributed by atoms with E-state index in [2.05, 4.69) is 5.32 Å². The number of nitrogens with one attached hydrogen (secondary N) is 1. The van der Waals surface area contributed by atoms with E-state index < -0.39 is 0 Å². The summed E-state index contributed by atoms with van der Waals surface area (Å²) in [6, 6.07) is 0.689. The molecule has 2 N–H and O–H groups in total. The topological polar surface area (TPSA) is 32.3 Å². The average Bonchev–Trinajstić information content (AvgIpc) is 2.34. The minimum atomic E-state index is -0.123. The molecule has 0 saturated carbocycles. The van der Waals surface area contributed by atoms with Gasteiger partial charge in [-0.25, -0.2) is 0 Å². The lowest BCUT2D eigenvalue weighted by molar-refractivity contribution is 0.177. The minimum Gasteiger partial charge on any atom is -0.393 e. The molecular formula is C8H17NO. The van der Waals surface area contributed by atoms with Crippen molar-refractivity contribution in [3.05, 3.63) is 0 Å². The van der Waals surface area contributed by atoms with Crippen LogP contribution >= 0.6 is 0 Å². The van der Waals surface area contributed by atoms with E-state index in [9.17, 15) is 0 Å². The Morgan fingerprint density at radius 3 is 3.00 bits per heavy atom. The molecule has 2 unspecified atom stereocenters. The van der Waals surface area contributed by atoms with Gasteiger partial charge in [0.2, 0.25) is 0 Å². The summed E-state index contributed by atoms with van der Waals surface area (Å²) < 4.78 is 0. The number of hydrogen-bond acceptors (Lipinski definition) is 2. The third-order valence-corrected chi connectivity index (χ3v) is 2.10. The zero-order valence-electron chi connectivity index (χ0n) is 6.64. The Morgan fingerprint density at radius 1 is 1.70 bits per heavy atom. The van der Waals surface area contributed by atoms with Gasteiger partial charge in [-0.3, -0.25) is 0 Å². The molecule has 0 radical (unpaired) electrons. The van der Waals surface area contributed by atoms with E-state index in [4.69, 9.17) is 5.11 Å². The van der Waals surface area contributed by atoms with Crippen molar-refractivity contribution in [3.63, 3.8) is 0 Å². The van der Waals surface area contributed by atoms with E-state index in [-0.39, 0.29) is 6.10 Å². The van der Waals surface area contributed by atoms with Gasteiger partial charge >= 0.3 is 0 Å². The van der Waals surface area contributed by atoms with Crippen molar-refractivity contribution in [2.45, 2.75) is 44.8 Å². The van der Waals surface area contributed by atoms with E-state index in [1.165, 1.54) is 19.4 Å². The van der Waals surface area contributed by atoms with Crippen LogP contribution < -0.4 is 5.32 Å². The molecule has 1 heterocycles. The van der Waals surface area contributed by atoms with Crippen LogP contribution in [0.15, 0.2) is 0 Å². The molecule has 60 valence electrons. The van der Waals surface area contributed by atoms with Crippen molar-refractivity contribution in [2.75, 3.05) is 6.54 Å². The van der Waals surface area contributed by atoms with Gasteiger partial charge in [0.15, 0.2) is 0 Å². The fourth-order valence-electron chi connectivity index (χ4n) is 1.45. The van der Waals surface area contributed by atoms with Crippen LogP contribution in [0.5, 0.6) is 0 Å². The maximum absolute atomic E-state index is 8.98. The van der Waals surface area contributed by atoms with Crippen LogP contribution in [0.3, 0.4) is 0 Å². The highest BCUT2D eigenvalue weighted by Crippen LogP contribution is 2.11. The molecule has 0 aliphatic carbocycles. The summed E-state index contributed by atoms with van der Waals surface area (Å²) in [5.41, 5.74) is 0. The van der Waals surface area contributed by atoms with E-state index in [1.807, 2.05) is 6.92 Å². The van der Waals surface area contributed by atoms with Crippen molar-refractivity contribution in [2.24, 2.45) is 0 Å². The molecule has 1 saturated heterocycles. The predicted octanol–water partition coefficient (Wildman–Crippen LogP) is 0.899. The van der Waals surface area contributed by atoms with Crippen LogP contribution in [-0.2, 0) is 0 Å². The minimum absolute atomic E-state index is 0.123. The van der Waals surface area contributed by atoms with Crippen molar-refractivity contribution >= 4 is 0 Å². The van der Waals surface area contributed by atoms with Crippen LogP contribution in [0.1, 0.15) is 32.6 Å². The molecule has 10 heavy (non-hydrogen) atoms. The molecular weight excluding hydrogens is 126 g/mol. The van der Waals surface area contributed by atoms with Gasteiger partial charge in [-0.2, -0.15) is 0 Å². The molecule has 2 heteroatoms. The fourth-order valence-corrected chi connectivity index (χ4v) is 1.45. The van der Waals surface area contributed by atoms with E-state index in [0.717, 1.165) is 12.8 Å². The fraction of sp³-hybridized carbons (Fsp3) is 1.00. The molecule has 0 aromatic heterocycles. The number of rotatable bonds is 3.